The summed E-state index contributed by atoms with van der Waals surface area (Å²) in [5.41, 5.74) is 1.57. The van der Waals surface area contributed by atoms with E-state index in [2.05, 4.69) is 34.7 Å². The van der Waals surface area contributed by atoms with Gasteiger partial charge >= 0.3 is 0 Å². The third kappa shape index (κ3) is 3.92. The summed E-state index contributed by atoms with van der Waals surface area (Å²) in [6.45, 7) is 5.10. The maximum absolute atomic E-state index is 9.13. The molecule has 2 aromatic heterocycles. The quantitative estimate of drug-likeness (QED) is 0.577. The average Bonchev–Trinajstić information content (AvgIpc) is 3.29. The number of benzene rings is 1. The molecule has 0 aliphatic carbocycles. The molecule has 26 heavy (non-hydrogen) atoms. The van der Waals surface area contributed by atoms with Crippen LogP contribution in [0.25, 0.3) is 11.6 Å². The summed E-state index contributed by atoms with van der Waals surface area (Å²) in [6, 6.07) is 11.3. The van der Waals surface area contributed by atoms with Gasteiger partial charge in [-0.15, -0.1) is 10.2 Å². The summed E-state index contributed by atoms with van der Waals surface area (Å²) in [4.78, 5) is 0. The normalized spacial score (nSPS) is 10.9. The Morgan fingerprint density at radius 2 is 2.15 bits per heavy atom. The molecule has 0 saturated carbocycles. The number of aromatic nitrogens is 3. The number of methoxy groups -OCH3 is 1. The van der Waals surface area contributed by atoms with Crippen molar-refractivity contribution in [2.75, 3.05) is 7.11 Å². The number of nitriles is 1. The fourth-order valence-corrected chi connectivity index (χ4v) is 3.54. The summed E-state index contributed by atoms with van der Waals surface area (Å²) in [6.07, 6.45) is 1.63. The second kappa shape index (κ2) is 8.11. The molecule has 0 amide bonds. The van der Waals surface area contributed by atoms with Crippen molar-refractivity contribution in [2.24, 2.45) is 5.92 Å². The van der Waals surface area contributed by atoms with Gasteiger partial charge in [-0.1, -0.05) is 25.6 Å². The number of ether oxygens (including phenoxy) is 1. The number of hydrogen-bond donors (Lipinski definition) is 0. The van der Waals surface area contributed by atoms with Crippen LogP contribution in [0.3, 0.4) is 0 Å². The van der Waals surface area contributed by atoms with Gasteiger partial charge in [0.15, 0.2) is 16.7 Å². The average molecular weight is 368 g/mol. The SMILES string of the molecule is COc1ccc(C#N)cc1CSc1nnc(-c2ccco2)n1CC(C)C. The molecule has 0 N–H and O–H groups in total. The van der Waals surface area contributed by atoms with Crippen molar-refractivity contribution in [3.8, 4) is 23.4 Å². The first kappa shape index (κ1) is 18.1. The van der Waals surface area contributed by atoms with E-state index in [9.17, 15) is 0 Å². The molecular formula is C19H20N4O2S. The highest BCUT2D eigenvalue weighted by Gasteiger charge is 2.18. The molecule has 0 aliphatic rings. The van der Waals surface area contributed by atoms with Crippen molar-refractivity contribution >= 4 is 11.8 Å². The Morgan fingerprint density at radius 1 is 1.31 bits per heavy atom. The van der Waals surface area contributed by atoms with Crippen LogP contribution in [0.1, 0.15) is 25.0 Å². The lowest BCUT2D eigenvalue weighted by Gasteiger charge is -2.12. The first-order chi connectivity index (χ1) is 12.6. The minimum absolute atomic E-state index is 0.440. The fraction of sp³-hybridized carbons (Fsp3) is 0.316. The smallest absolute Gasteiger partial charge is 0.200 e. The van der Waals surface area contributed by atoms with E-state index in [1.807, 2.05) is 24.3 Å². The van der Waals surface area contributed by atoms with E-state index in [1.54, 1.807) is 31.2 Å². The lowest BCUT2D eigenvalue weighted by molar-refractivity contribution is 0.411. The van der Waals surface area contributed by atoms with Gasteiger partial charge in [0.1, 0.15) is 5.75 Å². The molecule has 0 spiro atoms. The van der Waals surface area contributed by atoms with Crippen molar-refractivity contribution < 1.29 is 9.15 Å². The zero-order valence-electron chi connectivity index (χ0n) is 15.0. The van der Waals surface area contributed by atoms with E-state index in [-0.39, 0.29) is 0 Å². The lowest BCUT2D eigenvalue weighted by Crippen LogP contribution is -2.07. The number of furan rings is 1. The van der Waals surface area contributed by atoms with Gasteiger partial charge in [0.05, 0.1) is 25.0 Å². The minimum Gasteiger partial charge on any atom is -0.496 e. The van der Waals surface area contributed by atoms with E-state index in [0.717, 1.165) is 28.8 Å². The maximum atomic E-state index is 9.13. The van der Waals surface area contributed by atoms with Gasteiger partial charge in [0.2, 0.25) is 0 Å². The van der Waals surface area contributed by atoms with Crippen molar-refractivity contribution in [3.05, 3.63) is 47.7 Å². The molecule has 134 valence electrons. The molecule has 0 unspecified atom stereocenters. The molecule has 2 heterocycles. The Bertz CT molecular complexity index is 910. The van der Waals surface area contributed by atoms with Crippen molar-refractivity contribution in [3.63, 3.8) is 0 Å². The molecule has 0 bridgehead atoms. The monoisotopic (exact) mass is 368 g/mol. The number of nitrogens with zero attached hydrogens (tertiary/aromatic N) is 4. The molecule has 0 aliphatic heterocycles. The van der Waals surface area contributed by atoms with Crippen LogP contribution in [0.5, 0.6) is 5.75 Å². The second-order valence-corrected chi connectivity index (χ2v) is 7.16. The first-order valence-electron chi connectivity index (χ1n) is 8.29. The van der Waals surface area contributed by atoms with E-state index < -0.39 is 0 Å². The minimum atomic E-state index is 0.440. The number of rotatable bonds is 7. The van der Waals surface area contributed by atoms with Crippen LogP contribution in [0.2, 0.25) is 0 Å². The van der Waals surface area contributed by atoms with Crippen LogP contribution >= 0.6 is 11.8 Å². The van der Waals surface area contributed by atoms with Gasteiger partial charge in [0, 0.05) is 17.9 Å². The summed E-state index contributed by atoms with van der Waals surface area (Å²) in [5.74, 6) is 3.26. The van der Waals surface area contributed by atoms with E-state index >= 15 is 0 Å². The molecule has 3 aromatic rings. The Hall–Kier alpha value is -2.72. The summed E-state index contributed by atoms with van der Waals surface area (Å²) >= 11 is 1.57. The second-order valence-electron chi connectivity index (χ2n) is 6.22. The predicted octanol–water partition coefficient (Wildman–Crippen LogP) is 4.37. The fourth-order valence-electron chi connectivity index (χ4n) is 2.62. The molecule has 6 nitrogen and oxygen atoms in total. The molecule has 7 heteroatoms. The maximum Gasteiger partial charge on any atom is 0.200 e. The molecule has 0 fully saturated rings. The van der Waals surface area contributed by atoms with Gasteiger partial charge in [-0.25, -0.2) is 0 Å². The molecular weight excluding hydrogens is 348 g/mol. The van der Waals surface area contributed by atoms with Crippen LogP contribution in [0, 0.1) is 17.2 Å². The van der Waals surface area contributed by atoms with Crippen LogP contribution in [0.15, 0.2) is 46.2 Å². The molecule has 1 aromatic carbocycles. The largest absolute Gasteiger partial charge is 0.496 e. The third-order valence-corrected chi connectivity index (χ3v) is 4.79. The molecule has 0 saturated heterocycles. The van der Waals surface area contributed by atoms with E-state index in [0.29, 0.717) is 23.0 Å². The van der Waals surface area contributed by atoms with Gasteiger partial charge in [-0.05, 0) is 36.2 Å². The van der Waals surface area contributed by atoms with E-state index in [1.165, 1.54) is 0 Å². The van der Waals surface area contributed by atoms with Gasteiger partial charge in [-0.2, -0.15) is 5.26 Å². The van der Waals surface area contributed by atoms with Gasteiger partial charge in [0.25, 0.3) is 0 Å². The molecule has 0 atom stereocenters. The Morgan fingerprint density at radius 3 is 2.81 bits per heavy atom. The van der Waals surface area contributed by atoms with Crippen LogP contribution < -0.4 is 4.74 Å². The summed E-state index contributed by atoms with van der Waals surface area (Å²) in [5, 5.41) is 18.6. The first-order valence-corrected chi connectivity index (χ1v) is 9.27. The zero-order valence-corrected chi connectivity index (χ0v) is 15.8. The predicted molar refractivity (Wildman–Crippen MR) is 99.8 cm³/mol. The molecule has 3 rings (SSSR count). The Balaban J connectivity index is 1.88. The van der Waals surface area contributed by atoms with Gasteiger partial charge in [-0.3, -0.25) is 4.57 Å². The summed E-state index contributed by atoms with van der Waals surface area (Å²) in [7, 11) is 1.63. The topological polar surface area (TPSA) is 76.9 Å². The highest BCUT2D eigenvalue weighted by atomic mass is 32.2. The molecule has 0 radical (unpaired) electrons. The third-order valence-electron chi connectivity index (χ3n) is 3.77. The highest BCUT2D eigenvalue weighted by Crippen LogP contribution is 2.30. The number of thioether (sulfide) groups is 1. The lowest BCUT2D eigenvalue weighted by atomic mass is 10.1. The Labute approximate surface area is 156 Å². The van der Waals surface area contributed by atoms with Crippen LogP contribution in [-0.2, 0) is 12.3 Å². The zero-order chi connectivity index (χ0) is 18.5. The van der Waals surface area contributed by atoms with Crippen LogP contribution in [0.4, 0.5) is 0 Å². The van der Waals surface area contributed by atoms with Crippen molar-refractivity contribution in [2.45, 2.75) is 31.3 Å². The Kier molecular flexibility index (Phi) is 5.64. The number of hydrogen-bond acceptors (Lipinski definition) is 6. The van der Waals surface area contributed by atoms with E-state index in [4.69, 9.17) is 14.4 Å². The van der Waals surface area contributed by atoms with Crippen molar-refractivity contribution in [1.82, 2.24) is 14.8 Å². The standard InChI is InChI=1S/C19H20N4O2S/c1-13(2)11-23-18(17-5-4-8-25-17)21-22-19(23)26-12-15-9-14(10-20)6-7-16(15)24-3/h4-9,13H,11-12H2,1-3H3. The highest BCUT2D eigenvalue weighted by molar-refractivity contribution is 7.98. The van der Waals surface area contributed by atoms with Crippen molar-refractivity contribution in [1.29, 1.82) is 5.26 Å². The summed E-state index contributed by atoms with van der Waals surface area (Å²) < 4.78 is 13.0. The van der Waals surface area contributed by atoms with Gasteiger partial charge < -0.3 is 9.15 Å². The van der Waals surface area contributed by atoms with Crippen LogP contribution in [-0.4, -0.2) is 21.9 Å².